The van der Waals surface area contributed by atoms with Gasteiger partial charge in [-0.05, 0) is 24.4 Å². The van der Waals surface area contributed by atoms with Gasteiger partial charge in [-0.3, -0.25) is 0 Å². The maximum Gasteiger partial charge on any atom is 0.402 e. The van der Waals surface area contributed by atoms with Gasteiger partial charge in [0.05, 0.1) is 7.11 Å². The van der Waals surface area contributed by atoms with Crippen molar-refractivity contribution >= 4 is 21.6 Å². The summed E-state index contributed by atoms with van der Waals surface area (Å²) in [7, 11) is -3.05. The van der Waals surface area contributed by atoms with E-state index in [2.05, 4.69) is 4.37 Å². The van der Waals surface area contributed by atoms with Crippen LogP contribution in [-0.4, -0.2) is 43.0 Å². The molecule has 0 saturated heterocycles. The first-order valence-electron chi connectivity index (χ1n) is 6.32. The average Bonchev–Trinajstić information content (AvgIpc) is 3.05. The highest BCUT2D eigenvalue weighted by molar-refractivity contribution is 7.89. The molecule has 1 aliphatic rings. The van der Waals surface area contributed by atoms with E-state index in [9.17, 15) is 21.6 Å². The topological polar surface area (TPSA) is 59.5 Å². The van der Waals surface area contributed by atoms with Gasteiger partial charge in [-0.2, -0.15) is 21.9 Å². The Morgan fingerprint density at radius 1 is 1.43 bits per heavy atom. The number of rotatable bonds is 5. The molecule has 1 aliphatic carbocycles. The quantitative estimate of drug-likeness (QED) is 0.824. The first-order chi connectivity index (χ1) is 9.75. The van der Waals surface area contributed by atoms with Gasteiger partial charge >= 0.3 is 6.18 Å². The summed E-state index contributed by atoms with van der Waals surface area (Å²) in [4.78, 5) is -0.300. The van der Waals surface area contributed by atoms with Gasteiger partial charge in [0.15, 0.2) is 4.90 Å². The Bertz CT molecular complexity index is 580. The maximum absolute atomic E-state index is 12.8. The van der Waals surface area contributed by atoms with Gasteiger partial charge in [-0.25, -0.2) is 8.42 Å². The van der Waals surface area contributed by atoms with Crippen LogP contribution in [0.25, 0.3) is 0 Å². The molecule has 0 N–H and O–H groups in total. The zero-order valence-corrected chi connectivity index (χ0v) is 12.9. The lowest BCUT2D eigenvalue weighted by atomic mass is 10.2. The van der Waals surface area contributed by atoms with Crippen LogP contribution in [-0.2, 0) is 10.0 Å². The molecule has 1 saturated carbocycles. The fraction of sp³-hybridized carbons (Fsp3) is 0.727. The van der Waals surface area contributed by atoms with Crippen molar-refractivity contribution in [2.45, 2.75) is 42.8 Å². The van der Waals surface area contributed by atoms with Crippen LogP contribution in [0.1, 0.15) is 25.7 Å². The number of hydrogen-bond donors (Lipinski definition) is 0. The molecule has 1 fully saturated rings. The van der Waals surface area contributed by atoms with Crippen LogP contribution in [0.3, 0.4) is 0 Å². The highest BCUT2D eigenvalue weighted by atomic mass is 32.2. The van der Waals surface area contributed by atoms with E-state index in [0.29, 0.717) is 17.1 Å². The Morgan fingerprint density at radius 3 is 2.57 bits per heavy atom. The molecular weight excluding hydrogens is 329 g/mol. The monoisotopic (exact) mass is 344 g/mol. The second-order valence-corrected chi connectivity index (χ2v) is 7.28. The van der Waals surface area contributed by atoms with Crippen LogP contribution >= 0.6 is 11.5 Å². The van der Waals surface area contributed by atoms with E-state index >= 15 is 0 Å². The Morgan fingerprint density at radius 2 is 2.05 bits per heavy atom. The summed E-state index contributed by atoms with van der Waals surface area (Å²) < 4.78 is 72.5. The average molecular weight is 344 g/mol. The van der Waals surface area contributed by atoms with E-state index in [1.165, 1.54) is 12.5 Å². The number of alkyl halides is 3. The van der Waals surface area contributed by atoms with Crippen molar-refractivity contribution in [2.24, 2.45) is 0 Å². The van der Waals surface area contributed by atoms with Crippen molar-refractivity contribution in [2.75, 3.05) is 13.7 Å². The molecule has 10 heteroatoms. The van der Waals surface area contributed by atoms with Crippen LogP contribution in [0.2, 0.25) is 0 Å². The molecule has 1 heterocycles. The third kappa shape index (κ3) is 3.67. The van der Waals surface area contributed by atoms with Crippen LogP contribution in [0.4, 0.5) is 13.2 Å². The molecule has 5 nitrogen and oxygen atoms in total. The summed E-state index contributed by atoms with van der Waals surface area (Å²) in [5, 5.41) is 1.20. The highest BCUT2D eigenvalue weighted by Gasteiger charge is 2.43. The molecule has 1 aromatic rings. The second-order valence-electron chi connectivity index (χ2n) is 4.79. The van der Waals surface area contributed by atoms with Crippen LogP contribution in [0.15, 0.2) is 10.3 Å². The number of methoxy groups -OCH3 is 1. The Labute approximate surface area is 124 Å². The van der Waals surface area contributed by atoms with E-state index in [4.69, 9.17) is 4.74 Å². The molecular formula is C11H15F3N2O3S2. The van der Waals surface area contributed by atoms with Gasteiger partial charge in [0, 0.05) is 11.4 Å². The Hall–Kier alpha value is -0.870. The van der Waals surface area contributed by atoms with Gasteiger partial charge in [0.1, 0.15) is 6.54 Å². The van der Waals surface area contributed by atoms with Crippen molar-refractivity contribution in [1.29, 1.82) is 0 Å². The van der Waals surface area contributed by atoms with Gasteiger partial charge in [0.25, 0.3) is 0 Å². The zero-order valence-electron chi connectivity index (χ0n) is 11.3. The molecule has 0 bridgehead atoms. The number of halogens is 3. The summed E-state index contributed by atoms with van der Waals surface area (Å²) in [6.07, 6.45) is -2.25. The van der Waals surface area contributed by atoms with Crippen molar-refractivity contribution in [1.82, 2.24) is 8.68 Å². The molecule has 21 heavy (non-hydrogen) atoms. The Kier molecular flexibility index (Phi) is 4.79. The molecule has 0 radical (unpaired) electrons. The molecule has 0 spiro atoms. The SMILES string of the molecule is COc1nscc1S(=O)(=O)N(CC(F)(F)F)C1CCCC1. The van der Waals surface area contributed by atoms with Gasteiger partial charge in [-0.1, -0.05) is 12.8 Å². The van der Waals surface area contributed by atoms with Crippen molar-refractivity contribution in [3.05, 3.63) is 5.38 Å². The molecule has 120 valence electrons. The molecule has 2 rings (SSSR count). The largest absolute Gasteiger partial charge is 0.479 e. The normalized spacial score (nSPS) is 17.6. The lowest BCUT2D eigenvalue weighted by Crippen LogP contribution is -2.44. The molecule has 0 aromatic carbocycles. The van der Waals surface area contributed by atoms with E-state index in [-0.39, 0.29) is 10.8 Å². The minimum atomic E-state index is -4.59. The van der Waals surface area contributed by atoms with Crippen LogP contribution in [0, 0.1) is 0 Å². The summed E-state index contributed by atoms with van der Waals surface area (Å²) in [6.45, 7) is -1.49. The van der Waals surface area contributed by atoms with Crippen molar-refractivity contribution in [3.63, 3.8) is 0 Å². The molecule has 0 atom stereocenters. The second kappa shape index (κ2) is 6.09. The highest BCUT2D eigenvalue weighted by Crippen LogP contribution is 2.35. The van der Waals surface area contributed by atoms with E-state index in [1.807, 2.05) is 0 Å². The fourth-order valence-corrected chi connectivity index (χ4v) is 5.15. The molecule has 1 aromatic heterocycles. The van der Waals surface area contributed by atoms with Crippen LogP contribution < -0.4 is 4.74 Å². The Balaban J connectivity index is 2.39. The van der Waals surface area contributed by atoms with E-state index in [0.717, 1.165) is 24.4 Å². The summed E-state index contributed by atoms with van der Waals surface area (Å²) in [5.74, 6) is -0.162. The third-order valence-corrected chi connectivity index (χ3v) is 6.01. The summed E-state index contributed by atoms with van der Waals surface area (Å²) in [6, 6.07) is -0.624. The predicted octanol–water partition coefficient (Wildman–Crippen LogP) is 2.65. The standard InChI is InChI=1S/C11H15F3N2O3S2/c1-19-10-9(6-20-15-10)21(17,18)16(7-11(12,13)14)8-4-2-3-5-8/h6,8H,2-5,7H2,1H3. The smallest absolute Gasteiger partial charge is 0.402 e. The van der Waals surface area contributed by atoms with Crippen molar-refractivity contribution < 1.29 is 26.3 Å². The fourth-order valence-electron chi connectivity index (χ4n) is 2.43. The van der Waals surface area contributed by atoms with Crippen molar-refractivity contribution in [3.8, 4) is 5.88 Å². The third-order valence-electron chi connectivity index (χ3n) is 3.35. The first kappa shape index (κ1) is 16.5. The van der Waals surface area contributed by atoms with E-state index in [1.54, 1.807) is 0 Å². The maximum atomic E-state index is 12.8. The van der Waals surface area contributed by atoms with Gasteiger partial charge in [0.2, 0.25) is 15.9 Å². The molecule has 0 unspecified atom stereocenters. The first-order valence-corrected chi connectivity index (χ1v) is 8.60. The molecule has 0 aliphatic heterocycles. The van der Waals surface area contributed by atoms with Gasteiger partial charge < -0.3 is 4.74 Å². The summed E-state index contributed by atoms with van der Waals surface area (Å²) >= 11 is 0.834. The number of sulfonamides is 1. The lowest BCUT2D eigenvalue weighted by Gasteiger charge is -2.28. The minimum Gasteiger partial charge on any atom is -0.479 e. The number of hydrogen-bond acceptors (Lipinski definition) is 5. The lowest BCUT2D eigenvalue weighted by molar-refractivity contribution is -0.139. The predicted molar refractivity (Wildman–Crippen MR) is 70.9 cm³/mol. The summed E-state index contributed by atoms with van der Waals surface area (Å²) in [5.41, 5.74) is 0. The number of ether oxygens (including phenoxy) is 1. The van der Waals surface area contributed by atoms with Gasteiger partial charge in [-0.15, -0.1) is 0 Å². The zero-order chi connectivity index (χ0) is 15.7. The number of nitrogens with zero attached hydrogens (tertiary/aromatic N) is 2. The minimum absolute atomic E-state index is 0.162. The molecule has 0 amide bonds. The number of aromatic nitrogens is 1. The van der Waals surface area contributed by atoms with E-state index < -0.39 is 28.8 Å². The van der Waals surface area contributed by atoms with Crippen LogP contribution in [0.5, 0.6) is 5.88 Å².